The Balaban J connectivity index is 2.06. The first-order chi connectivity index (χ1) is 7.43. The zero-order valence-corrected chi connectivity index (χ0v) is 9.78. The van der Waals surface area contributed by atoms with Gasteiger partial charge in [-0.2, -0.15) is 0 Å². The average Bonchev–Trinajstić information content (AvgIpc) is 2.50. The Kier molecular flexibility index (Phi) is 2.47. The highest BCUT2D eigenvalue weighted by Gasteiger charge is 2.16. The summed E-state index contributed by atoms with van der Waals surface area (Å²) in [5.74, 6) is 0. The van der Waals surface area contributed by atoms with Crippen molar-refractivity contribution in [2.24, 2.45) is 0 Å². The molecular formula is C13H10S2. The highest BCUT2D eigenvalue weighted by atomic mass is 32.2. The largest absolute Gasteiger partial charge is 0.0877 e. The van der Waals surface area contributed by atoms with Crippen LogP contribution in [0.25, 0.3) is 0 Å². The molecule has 1 aliphatic carbocycles. The third kappa shape index (κ3) is 1.80. The first kappa shape index (κ1) is 9.37. The number of fused-ring (bicyclic) bond motifs is 1. The second kappa shape index (κ2) is 3.95. The summed E-state index contributed by atoms with van der Waals surface area (Å²) in [6, 6.07) is 8.60. The van der Waals surface area contributed by atoms with E-state index in [1.54, 1.807) is 0 Å². The van der Waals surface area contributed by atoms with Gasteiger partial charge in [-0.25, -0.2) is 0 Å². The van der Waals surface area contributed by atoms with E-state index in [1.807, 2.05) is 23.5 Å². The van der Waals surface area contributed by atoms with Gasteiger partial charge in [0.2, 0.25) is 0 Å². The van der Waals surface area contributed by atoms with Gasteiger partial charge >= 0.3 is 0 Å². The van der Waals surface area contributed by atoms with Gasteiger partial charge in [0.15, 0.2) is 0 Å². The summed E-state index contributed by atoms with van der Waals surface area (Å²) in [5.41, 5.74) is 0. The van der Waals surface area contributed by atoms with E-state index in [9.17, 15) is 0 Å². The average molecular weight is 230 g/mol. The third-order valence-corrected chi connectivity index (χ3v) is 4.90. The minimum Gasteiger partial charge on any atom is -0.0877 e. The normalized spacial score (nSPS) is 18.4. The van der Waals surface area contributed by atoms with Gasteiger partial charge in [-0.05, 0) is 18.6 Å². The molecule has 74 valence electrons. The van der Waals surface area contributed by atoms with Gasteiger partial charge in [0.05, 0.1) is 0 Å². The van der Waals surface area contributed by atoms with Crippen LogP contribution in [0.4, 0.5) is 0 Å². The smallest absolute Gasteiger partial charge is 0.0262 e. The molecule has 0 aromatic heterocycles. The molecule has 1 aromatic rings. The quantitative estimate of drug-likeness (QED) is 0.638. The SMILES string of the molecule is C1=CC2=C(C=CC1)Sc1ccccc1S2. The number of hydrogen-bond acceptors (Lipinski definition) is 2. The molecule has 0 spiro atoms. The lowest BCUT2D eigenvalue weighted by molar-refractivity contribution is 1.25. The highest BCUT2D eigenvalue weighted by Crippen LogP contribution is 2.47. The molecule has 0 unspecified atom stereocenters. The molecule has 3 rings (SSSR count). The predicted octanol–water partition coefficient (Wildman–Crippen LogP) is 4.61. The summed E-state index contributed by atoms with van der Waals surface area (Å²) in [6.45, 7) is 0. The molecule has 0 saturated carbocycles. The zero-order chi connectivity index (χ0) is 10.1. The number of rotatable bonds is 0. The topological polar surface area (TPSA) is 0 Å². The van der Waals surface area contributed by atoms with Crippen molar-refractivity contribution in [3.05, 3.63) is 58.4 Å². The van der Waals surface area contributed by atoms with E-state index in [4.69, 9.17) is 0 Å². The lowest BCUT2D eigenvalue weighted by Gasteiger charge is -2.17. The second-order valence-electron chi connectivity index (χ2n) is 3.42. The summed E-state index contributed by atoms with van der Waals surface area (Å²) in [6.07, 6.45) is 9.97. The Hall–Kier alpha value is -0.860. The van der Waals surface area contributed by atoms with Crippen LogP contribution in [0, 0.1) is 0 Å². The van der Waals surface area contributed by atoms with Gasteiger partial charge in [0.25, 0.3) is 0 Å². The van der Waals surface area contributed by atoms with Crippen molar-refractivity contribution >= 4 is 23.5 Å². The first-order valence-electron chi connectivity index (χ1n) is 4.95. The van der Waals surface area contributed by atoms with Crippen molar-refractivity contribution in [3.63, 3.8) is 0 Å². The Labute approximate surface area is 98.2 Å². The second-order valence-corrected chi connectivity index (χ2v) is 5.59. The maximum Gasteiger partial charge on any atom is 0.0262 e. The van der Waals surface area contributed by atoms with Crippen LogP contribution in [0.2, 0.25) is 0 Å². The van der Waals surface area contributed by atoms with Gasteiger partial charge in [-0.1, -0.05) is 60.0 Å². The molecule has 0 bridgehead atoms. The van der Waals surface area contributed by atoms with Crippen molar-refractivity contribution in [3.8, 4) is 0 Å². The summed E-state index contributed by atoms with van der Waals surface area (Å²) in [5, 5.41) is 0. The van der Waals surface area contributed by atoms with E-state index in [1.165, 1.54) is 19.6 Å². The molecule has 0 saturated heterocycles. The lowest BCUT2D eigenvalue weighted by atomic mass is 10.4. The fourth-order valence-corrected chi connectivity index (χ4v) is 3.89. The number of allylic oxidation sites excluding steroid dienone is 4. The molecule has 1 aromatic carbocycles. The van der Waals surface area contributed by atoms with Crippen molar-refractivity contribution in [2.75, 3.05) is 0 Å². The fraction of sp³-hybridized carbons (Fsp3) is 0.0769. The molecule has 1 heterocycles. The molecule has 2 heteroatoms. The minimum atomic E-state index is 1.05. The van der Waals surface area contributed by atoms with Gasteiger partial charge in [0.1, 0.15) is 0 Å². The number of benzene rings is 1. The maximum absolute atomic E-state index is 2.24. The van der Waals surface area contributed by atoms with E-state index in [2.05, 4.69) is 48.6 Å². The molecule has 0 N–H and O–H groups in total. The fourth-order valence-electron chi connectivity index (χ4n) is 1.62. The summed E-state index contributed by atoms with van der Waals surface area (Å²) < 4.78 is 0. The Morgan fingerprint density at radius 1 is 0.800 bits per heavy atom. The molecule has 15 heavy (non-hydrogen) atoms. The predicted molar refractivity (Wildman–Crippen MR) is 68.1 cm³/mol. The van der Waals surface area contributed by atoms with E-state index in [0.29, 0.717) is 0 Å². The molecule has 0 fully saturated rings. The van der Waals surface area contributed by atoms with Crippen LogP contribution in [-0.4, -0.2) is 0 Å². The van der Waals surface area contributed by atoms with Crippen molar-refractivity contribution in [1.29, 1.82) is 0 Å². The van der Waals surface area contributed by atoms with Gasteiger partial charge < -0.3 is 0 Å². The van der Waals surface area contributed by atoms with E-state index < -0.39 is 0 Å². The van der Waals surface area contributed by atoms with Crippen molar-refractivity contribution < 1.29 is 0 Å². The van der Waals surface area contributed by atoms with E-state index in [0.717, 1.165) is 6.42 Å². The minimum absolute atomic E-state index is 1.05. The molecule has 1 aliphatic heterocycles. The van der Waals surface area contributed by atoms with Gasteiger partial charge in [0, 0.05) is 19.6 Å². The van der Waals surface area contributed by atoms with Crippen LogP contribution in [0.5, 0.6) is 0 Å². The van der Waals surface area contributed by atoms with E-state index in [-0.39, 0.29) is 0 Å². The van der Waals surface area contributed by atoms with Crippen LogP contribution in [-0.2, 0) is 0 Å². The molecule has 0 amide bonds. The van der Waals surface area contributed by atoms with Crippen molar-refractivity contribution in [1.82, 2.24) is 0 Å². The van der Waals surface area contributed by atoms with Crippen molar-refractivity contribution in [2.45, 2.75) is 16.2 Å². The molecular weight excluding hydrogens is 220 g/mol. The van der Waals surface area contributed by atoms with Crippen LogP contribution < -0.4 is 0 Å². The van der Waals surface area contributed by atoms with E-state index >= 15 is 0 Å². The monoisotopic (exact) mass is 230 g/mol. The third-order valence-electron chi connectivity index (χ3n) is 2.34. The highest BCUT2D eigenvalue weighted by molar-refractivity contribution is 8.09. The Bertz CT molecular complexity index is 438. The van der Waals surface area contributed by atoms with Crippen LogP contribution in [0.1, 0.15) is 6.42 Å². The molecule has 0 atom stereocenters. The Morgan fingerprint density at radius 2 is 1.33 bits per heavy atom. The number of hydrogen-bond donors (Lipinski definition) is 0. The molecule has 0 nitrogen and oxygen atoms in total. The molecule has 0 radical (unpaired) electrons. The standard InChI is InChI=1S/C13H10S2/c1-2-6-10-11(7-3-1)15-13-9-5-4-8-12(13)14-10/h2-9H,1H2. The zero-order valence-electron chi connectivity index (χ0n) is 8.14. The van der Waals surface area contributed by atoms with Crippen LogP contribution in [0.15, 0.2) is 68.2 Å². The van der Waals surface area contributed by atoms with Crippen LogP contribution >= 0.6 is 23.5 Å². The lowest BCUT2D eigenvalue weighted by Crippen LogP contribution is -1.88. The first-order valence-corrected chi connectivity index (χ1v) is 6.59. The van der Waals surface area contributed by atoms with Gasteiger partial charge in [-0.3, -0.25) is 0 Å². The molecule has 2 aliphatic rings. The Morgan fingerprint density at radius 3 is 1.87 bits per heavy atom. The summed E-state index contributed by atoms with van der Waals surface area (Å²) >= 11 is 3.75. The van der Waals surface area contributed by atoms with Gasteiger partial charge in [-0.15, -0.1) is 0 Å². The number of thioether (sulfide) groups is 2. The maximum atomic E-state index is 2.24. The summed E-state index contributed by atoms with van der Waals surface area (Å²) in [4.78, 5) is 5.52. The summed E-state index contributed by atoms with van der Waals surface area (Å²) in [7, 11) is 0. The van der Waals surface area contributed by atoms with Crippen LogP contribution in [0.3, 0.4) is 0 Å².